The van der Waals surface area contributed by atoms with E-state index < -0.39 is 29.4 Å². The number of H-pyrrole nitrogens is 1. The fourth-order valence-corrected chi connectivity index (χ4v) is 4.00. The maximum atomic E-state index is 13.2. The van der Waals surface area contributed by atoms with Crippen LogP contribution in [0.1, 0.15) is 42.9 Å². The summed E-state index contributed by atoms with van der Waals surface area (Å²) in [6.07, 6.45) is -4.11. The van der Waals surface area contributed by atoms with Crippen LogP contribution in [0.4, 0.5) is 13.2 Å². The van der Waals surface area contributed by atoms with E-state index in [1.165, 1.54) is 0 Å². The van der Waals surface area contributed by atoms with Crippen LogP contribution in [-0.2, 0) is 11.0 Å². The van der Waals surface area contributed by atoms with Crippen molar-refractivity contribution in [1.82, 2.24) is 30.4 Å². The molecule has 13 heteroatoms. The lowest BCUT2D eigenvalue weighted by Crippen LogP contribution is -2.54. The zero-order valence-electron chi connectivity index (χ0n) is 20.1. The summed E-state index contributed by atoms with van der Waals surface area (Å²) < 4.78 is 43.6. The van der Waals surface area contributed by atoms with E-state index in [0.29, 0.717) is 37.0 Å². The smallest absolute Gasteiger partial charge is 0.435 e. The van der Waals surface area contributed by atoms with Gasteiger partial charge in [0.15, 0.2) is 11.4 Å². The van der Waals surface area contributed by atoms with Gasteiger partial charge in [0.1, 0.15) is 12.1 Å². The van der Waals surface area contributed by atoms with Crippen molar-refractivity contribution in [1.29, 1.82) is 0 Å². The third-order valence-electron chi connectivity index (χ3n) is 6.01. The van der Waals surface area contributed by atoms with Crippen LogP contribution in [0.2, 0.25) is 0 Å². The highest BCUT2D eigenvalue weighted by atomic mass is 19.4. The number of piperidine rings is 1. The molecule has 1 aromatic carbocycles. The Balaban J connectivity index is 1.37. The molecule has 0 spiro atoms. The van der Waals surface area contributed by atoms with Gasteiger partial charge >= 0.3 is 6.18 Å². The van der Waals surface area contributed by atoms with Crippen molar-refractivity contribution >= 4 is 22.8 Å². The molecule has 0 bridgehead atoms. The topological polar surface area (TPSA) is 130 Å². The first-order valence-electron chi connectivity index (χ1n) is 11.7. The number of hydrogen-bond donors (Lipinski definition) is 2. The molecule has 1 atom stereocenters. The van der Waals surface area contributed by atoms with Crippen LogP contribution in [0.25, 0.3) is 11.0 Å². The minimum Gasteiger partial charge on any atom is -0.473 e. The SMILES string of the molecule is CC(C)[C@H](NC(=O)c1nc2ccccc2[nH]c1=O)C(=O)N1CCC(Oc2ccc(C(F)(F)F)nn2)CC1. The van der Waals surface area contributed by atoms with Gasteiger partial charge in [-0.25, -0.2) is 4.98 Å². The molecule has 1 saturated heterocycles. The minimum atomic E-state index is -4.59. The number of likely N-dealkylation sites (tertiary alicyclic amines) is 1. The Bertz CT molecular complexity index is 1330. The summed E-state index contributed by atoms with van der Waals surface area (Å²) in [6, 6.07) is 7.82. The third-order valence-corrected chi connectivity index (χ3v) is 6.01. The molecule has 10 nitrogen and oxygen atoms in total. The maximum absolute atomic E-state index is 13.2. The van der Waals surface area contributed by atoms with Crippen LogP contribution in [0, 0.1) is 5.92 Å². The Morgan fingerprint density at radius 1 is 1.11 bits per heavy atom. The monoisotopic (exact) mass is 518 g/mol. The Morgan fingerprint density at radius 2 is 1.81 bits per heavy atom. The van der Waals surface area contributed by atoms with Crippen molar-refractivity contribution in [3.63, 3.8) is 0 Å². The van der Waals surface area contributed by atoms with Gasteiger partial charge in [0.25, 0.3) is 11.5 Å². The third kappa shape index (κ3) is 6.04. The molecular formula is C24H25F3N6O4. The van der Waals surface area contributed by atoms with Crippen molar-refractivity contribution in [2.24, 2.45) is 5.92 Å². The first-order valence-corrected chi connectivity index (χ1v) is 11.7. The number of benzene rings is 1. The zero-order chi connectivity index (χ0) is 26.7. The van der Waals surface area contributed by atoms with Crippen LogP contribution >= 0.6 is 0 Å². The van der Waals surface area contributed by atoms with Gasteiger partial charge in [-0.3, -0.25) is 14.4 Å². The van der Waals surface area contributed by atoms with Gasteiger partial charge in [0, 0.05) is 32.0 Å². The van der Waals surface area contributed by atoms with Crippen molar-refractivity contribution in [2.75, 3.05) is 13.1 Å². The van der Waals surface area contributed by atoms with Gasteiger partial charge in [-0.05, 0) is 24.1 Å². The lowest BCUT2D eigenvalue weighted by Gasteiger charge is -2.35. The Hall–Kier alpha value is -4.03. The fraction of sp³-hybridized carbons (Fsp3) is 0.417. The van der Waals surface area contributed by atoms with E-state index in [1.54, 1.807) is 43.0 Å². The number of nitrogens with zero attached hydrogens (tertiary/aromatic N) is 4. The zero-order valence-corrected chi connectivity index (χ0v) is 20.1. The lowest BCUT2D eigenvalue weighted by atomic mass is 10.00. The lowest BCUT2D eigenvalue weighted by molar-refractivity contribution is -0.141. The fourth-order valence-electron chi connectivity index (χ4n) is 4.00. The van der Waals surface area contributed by atoms with E-state index in [1.807, 2.05) is 0 Å². The highest BCUT2D eigenvalue weighted by Gasteiger charge is 2.34. The maximum Gasteiger partial charge on any atom is 0.435 e. The second-order valence-electron chi connectivity index (χ2n) is 9.02. The Kier molecular flexibility index (Phi) is 7.41. The van der Waals surface area contributed by atoms with E-state index in [2.05, 4.69) is 25.5 Å². The highest BCUT2D eigenvalue weighted by molar-refractivity contribution is 5.97. The van der Waals surface area contributed by atoms with E-state index in [9.17, 15) is 27.6 Å². The molecule has 0 saturated carbocycles. The number of carbonyl (C=O) groups excluding carboxylic acids is 2. The second kappa shape index (κ2) is 10.5. The molecular weight excluding hydrogens is 493 g/mol. The number of hydrogen-bond acceptors (Lipinski definition) is 7. The van der Waals surface area contributed by atoms with Gasteiger partial charge in [-0.2, -0.15) is 13.2 Å². The molecule has 4 rings (SSSR count). The summed E-state index contributed by atoms with van der Waals surface area (Å²) >= 11 is 0. The molecule has 0 radical (unpaired) electrons. The number of ether oxygens (including phenoxy) is 1. The number of aromatic amines is 1. The molecule has 1 fully saturated rings. The average Bonchev–Trinajstić information content (AvgIpc) is 2.86. The molecule has 3 heterocycles. The van der Waals surface area contributed by atoms with Gasteiger partial charge in [-0.1, -0.05) is 26.0 Å². The summed E-state index contributed by atoms with van der Waals surface area (Å²) in [5.41, 5.74) is -1.16. The quantitative estimate of drug-likeness (QED) is 0.513. The van der Waals surface area contributed by atoms with Crippen LogP contribution in [-0.4, -0.2) is 62.1 Å². The number of carbonyl (C=O) groups is 2. The number of para-hydroxylation sites is 2. The molecule has 0 unspecified atom stereocenters. The Morgan fingerprint density at radius 3 is 2.43 bits per heavy atom. The van der Waals surface area contributed by atoms with E-state index in [4.69, 9.17) is 4.74 Å². The number of nitrogens with one attached hydrogen (secondary N) is 2. The molecule has 37 heavy (non-hydrogen) atoms. The largest absolute Gasteiger partial charge is 0.473 e. The summed E-state index contributed by atoms with van der Waals surface area (Å²) in [6.45, 7) is 4.18. The van der Waals surface area contributed by atoms with Crippen molar-refractivity contribution in [3.05, 3.63) is 58.1 Å². The normalized spacial score (nSPS) is 15.6. The number of aromatic nitrogens is 4. The van der Waals surface area contributed by atoms with Crippen LogP contribution in [0.5, 0.6) is 5.88 Å². The van der Waals surface area contributed by atoms with Gasteiger partial charge in [-0.15, -0.1) is 10.2 Å². The predicted molar refractivity (Wildman–Crippen MR) is 126 cm³/mol. The van der Waals surface area contributed by atoms with E-state index in [-0.39, 0.29) is 29.5 Å². The molecule has 196 valence electrons. The molecule has 1 aliphatic heterocycles. The first kappa shape index (κ1) is 26.0. The van der Waals surface area contributed by atoms with Gasteiger partial charge in [0.2, 0.25) is 11.8 Å². The van der Waals surface area contributed by atoms with E-state index >= 15 is 0 Å². The van der Waals surface area contributed by atoms with Crippen LogP contribution < -0.4 is 15.6 Å². The average molecular weight is 518 g/mol. The van der Waals surface area contributed by atoms with Crippen molar-refractivity contribution in [3.8, 4) is 5.88 Å². The number of halogens is 3. The van der Waals surface area contributed by atoms with Crippen LogP contribution in [0.3, 0.4) is 0 Å². The summed E-state index contributed by atoms with van der Waals surface area (Å²) in [7, 11) is 0. The van der Waals surface area contributed by atoms with E-state index in [0.717, 1.165) is 12.1 Å². The molecule has 0 aliphatic carbocycles. The number of amides is 2. The minimum absolute atomic E-state index is 0.0294. The highest BCUT2D eigenvalue weighted by Crippen LogP contribution is 2.28. The van der Waals surface area contributed by atoms with Gasteiger partial charge in [0.05, 0.1) is 11.0 Å². The molecule has 3 aromatic rings. The first-order chi connectivity index (χ1) is 17.5. The molecule has 1 aliphatic rings. The predicted octanol–water partition coefficient (Wildman–Crippen LogP) is 2.56. The number of alkyl halides is 3. The number of rotatable bonds is 6. The molecule has 2 amide bonds. The summed E-state index contributed by atoms with van der Waals surface area (Å²) in [5, 5.41) is 9.27. The van der Waals surface area contributed by atoms with Crippen molar-refractivity contribution < 1.29 is 27.5 Å². The van der Waals surface area contributed by atoms with Gasteiger partial charge < -0.3 is 19.9 Å². The summed E-state index contributed by atoms with van der Waals surface area (Å²) in [4.78, 5) is 46.9. The Labute approximate surface area is 209 Å². The molecule has 2 aromatic heterocycles. The van der Waals surface area contributed by atoms with Crippen molar-refractivity contribution in [2.45, 2.75) is 45.0 Å². The standard InChI is InChI=1S/C24H25F3N6O4/c1-13(2)19(30-22(35)20-21(34)29-16-6-4-3-5-15(16)28-20)23(36)33-11-9-14(10-12-33)37-18-8-7-17(31-32-18)24(25,26)27/h3-8,13-14,19H,9-12H2,1-2H3,(H,29,34)(H,30,35)/t19-/m0/s1. The number of fused-ring (bicyclic) bond motifs is 1. The summed E-state index contributed by atoms with van der Waals surface area (Å²) in [5.74, 6) is -1.36. The van der Waals surface area contributed by atoms with Crippen LogP contribution in [0.15, 0.2) is 41.2 Å². The second-order valence-corrected chi connectivity index (χ2v) is 9.02. The molecule has 2 N–H and O–H groups in total.